The average Bonchev–Trinajstić information content (AvgIpc) is 2.81. The summed E-state index contributed by atoms with van der Waals surface area (Å²) in [5.74, 6) is 0.207. The molecule has 2 fully saturated rings. The van der Waals surface area contributed by atoms with E-state index in [4.69, 9.17) is 0 Å². The fourth-order valence-electron chi connectivity index (χ4n) is 6.26. The Morgan fingerprint density at radius 2 is 1.61 bits per heavy atom. The van der Waals surface area contributed by atoms with Crippen molar-refractivity contribution in [2.45, 2.75) is 90.0 Å². The minimum absolute atomic E-state index is 0.103. The Morgan fingerprint density at radius 3 is 2.24 bits per heavy atom. The number of amides is 1. The van der Waals surface area contributed by atoms with E-state index in [0.717, 1.165) is 31.5 Å². The normalized spacial score (nSPS) is 26.0. The molecule has 3 unspecified atom stereocenters. The van der Waals surface area contributed by atoms with Crippen LogP contribution in [0.3, 0.4) is 0 Å². The first-order valence-corrected chi connectivity index (χ1v) is 12.8. The van der Waals surface area contributed by atoms with Crippen LogP contribution in [0.1, 0.15) is 65.9 Å². The van der Waals surface area contributed by atoms with Crippen LogP contribution in [-0.4, -0.2) is 53.1 Å². The van der Waals surface area contributed by atoms with Crippen molar-refractivity contribution < 1.29 is 4.79 Å². The van der Waals surface area contributed by atoms with E-state index in [0.29, 0.717) is 12.1 Å². The van der Waals surface area contributed by atoms with Gasteiger partial charge >= 0.3 is 0 Å². The zero-order valence-electron chi connectivity index (χ0n) is 21.1. The standard InChI is InChI=1S/C29H41N3O/c1-21(2)31(22(3)4)20-18-29(27-13-9-10-19-32(27)23(5)30-28(29)33)26-16-14-25(15-17-26)24-11-7-6-8-12-24/h6-8,11-12,14-17,21-23,27H,9-10,13,18-20H2,1-5H3,(H,30,33). The summed E-state index contributed by atoms with van der Waals surface area (Å²) in [6.07, 6.45) is 4.44. The maximum absolute atomic E-state index is 13.9. The van der Waals surface area contributed by atoms with Crippen LogP contribution in [0.25, 0.3) is 11.1 Å². The van der Waals surface area contributed by atoms with Gasteiger partial charge in [-0.25, -0.2) is 0 Å². The third-order valence-corrected chi connectivity index (χ3v) is 7.95. The minimum Gasteiger partial charge on any atom is -0.340 e. The molecule has 0 bridgehead atoms. The topological polar surface area (TPSA) is 35.6 Å². The predicted molar refractivity (Wildman–Crippen MR) is 137 cm³/mol. The van der Waals surface area contributed by atoms with Gasteiger partial charge in [0.25, 0.3) is 0 Å². The number of benzene rings is 2. The van der Waals surface area contributed by atoms with Gasteiger partial charge < -0.3 is 5.32 Å². The molecule has 0 spiro atoms. The van der Waals surface area contributed by atoms with Crippen LogP contribution >= 0.6 is 0 Å². The lowest BCUT2D eigenvalue weighted by atomic mass is 9.66. The second-order valence-electron chi connectivity index (χ2n) is 10.5. The number of hydrogen-bond acceptors (Lipinski definition) is 3. The first-order chi connectivity index (χ1) is 15.8. The average molecular weight is 448 g/mol. The van der Waals surface area contributed by atoms with Crippen LogP contribution in [0.15, 0.2) is 54.6 Å². The Kier molecular flexibility index (Phi) is 7.25. The maximum Gasteiger partial charge on any atom is 0.233 e. The van der Waals surface area contributed by atoms with Gasteiger partial charge in [-0.05, 0) is 70.6 Å². The molecule has 1 amide bonds. The van der Waals surface area contributed by atoms with Crippen molar-refractivity contribution in [3.63, 3.8) is 0 Å². The number of carbonyl (C=O) groups excluding carboxylic acids is 1. The van der Waals surface area contributed by atoms with Crippen LogP contribution in [0, 0.1) is 0 Å². The van der Waals surface area contributed by atoms with E-state index < -0.39 is 5.41 Å². The lowest BCUT2D eigenvalue weighted by Gasteiger charge is -2.55. The lowest BCUT2D eigenvalue weighted by molar-refractivity contribution is -0.142. The third-order valence-electron chi connectivity index (χ3n) is 7.95. The van der Waals surface area contributed by atoms with Gasteiger partial charge in [-0.1, -0.05) is 61.0 Å². The largest absolute Gasteiger partial charge is 0.340 e. The Labute approximate surface area is 200 Å². The Hall–Kier alpha value is -2.17. The van der Waals surface area contributed by atoms with Crippen molar-refractivity contribution in [3.8, 4) is 11.1 Å². The number of carbonyl (C=O) groups is 1. The first kappa shape index (κ1) is 24.0. The summed E-state index contributed by atoms with van der Waals surface area (Å²) < 4.78 is 0. The van der Waals surface area contributed by atoms with Crippen molar-refractivity contribution in [3.05, 3.63) is 60.2 Å². The van der Waals surface area contributed by atoms with Crippen molar-refractivity contribution in [1.29, 1.82) is 0 Å². The minimum atomic E-state index is -0.524. The smallest absolute Gasteiger partial charge is 0.233 e. The molecule has 2 aliphatic heterocycles. The van der Waals surface area contributed by atoms with Gasteiger partial charge in [-0.3, -0.25) is 14.6 Å². The number of rotatable bonds is 7. The molecule has 3 atom stereocenters. The number of nitrogens with zero attached hydrogens (tertiary/aromatic N) is 2. The second kappa shape index (κ2) is 9.99. The van der Waals surface area contributed by atoms with Gasteiger partial charge in [0.15, 0.2) is 0 Å². The molecule has 33 heavy (non-hydrogen) atoms. The Morgan fingerprint density at radius 1 is 0.970 bits per heavy atom. The molecule has 0 aliphatic carbocycles. The molecule has 0 saturated carbocycles. The van der Waals surface area contributed by atoms with Crippen LogP contribution in [-0.2, 0) is 10.2 Å². The Balaban J connectivity index is 1.75. The van der Waals surface area contributed by atoms with Crippen LogP contribution < -0.4 is 5.32 Å². The van der Waals surface area contributed by atoms with Crippen molar-refractivity contribution in [2.24, 2.45) is 0 Å². The highest BCUT2D eigenvalue weighted by molar-refractivity contribution is 5.90. The summed E-state index contributed by atoms with van der Waals surface area (Å²) in [5, 5.41) is 3.36. The summed E-state index contributed by atoms with van der Waals surface area (Å²) in [6.45, 7) is 13.2. The van der Waals surface area contributed by atoms with E-state index in [-0.39, 0.29) is 18.1 Å². The molecule has 0 radical (unpaired) electrons. The summed E-state index contributed by atoms with van der Waals surface area (Å²) >= 11 is 0. The highest BCUT2D eigenvalue weighted by Crippen LogP contribution is 2.43. The first-order valence-electron chi connectivity index (χ1n) is 12.8. The predicted octanol–water partition coefficient (Wildman–Crippen LogP) is 5.43. The van der Waals surface area contributed by atoms with E-state index in [1.807, 2.05) is 6.07 Å². The van der Waals surface area contributed by atoms with Gasteiger partial charge in [0.2, 0.25) is 5.91 Å². The van der Waals surface area contributed by atoms with Gasteiger partial charge in [-0.2, -0.15) is 0 Å². The van der Waals surface area contributed by atoms with Crippen molar-refractivity contribution >= 4 is 5.91 Å². The molecule has 178 valence electrons. The fourth-order valence-corrected chi connectivity index (χ4v) is 6.26. The number of piperidine rings is 1. The summed E-state index contributed by atoms with van der Waals surface area (Å²) in [5.41, 5.74) is 3.05. The third kappa shape index (κ3) is 4.61. The zero-order valence-corrected chi connectivity index (χ0v) is 21.1. The molecule has 4 nitrogen and oxygen atoms in total. The summed E-state index contributed by atoms with van der Waals surface area (Å²) in [7, 11) is 0. The molecular weight excluding hydrogens is 406 g/mol. The van der Waals surface area contributed by atoms with E-state index in [9.17, 15) is 4.79 Å². The number of hydrogen-bond donors (Lipinski definition) is 1. The van der Waals surface area contributed by atoms with Crippen LogP contribution in [0.2, 0.25) is 0 Å². The molecule has 2 aromatic carbocycles. The lowest BCUT2D eigenvalue weighted by Crippen LogP contribution is -2.71. The second-order valence-corrected chi connectivity index (χ2v) is 10.5. The van der Waals surface area contributed by atoms with E-state index in [1.165, 1.54) is 24.0 Å². The molecule has 2 aliphatic rings. The highest BCUT2D eigenvalue weighted by Gasteiger charge is 2.54. The molecule has 4 heteroatoms. The van der Waals surface area contributed by atoms with Gasteiger partial charge in [0.05, 0.1) is 11.6 Å². The monoisotopic (exact) mass is 447 g/mol. The number of fused-ring (bicyclic) bond motifs is 1. The SMILES string of the molecule is CC(C)N(CCC1(c2ccc(-c3ccccc3)cc2)C(=O)NC(C)N2CCCCC21)C(C)C. The van der Waals surface area contributed by atoms with Crippen molar-refractivity contribution in [1.82, 2.24) is 15.1 Å². The fraction of sp³-hybridized carbons (Fsp3) is 0.552. The molecule has 0 aromatic heterocycles. The number of nitrogens with one attached hydrogen (secondary N) is 1. The quantitative estimate of drug-likeness (QED) is 0.615. The van der Waals surface area contributed by atoms with Crippen LogP contribution in [0.4, 0.5) is 0 Å². The molecule has 1 N–H and O–H groups in total. The van der Waals surface area contributed by atoms with Gasteiger partial charge in [0.1, 0.15) is 0 Å². The molecule has 2 saturated heterocycles. The van der Waals surface area contributed by atoms with Gasteiger partial charge in [0, 0.05) is 31.2 Å². The maximum atomic E-state index is 13.9. The summed E-state index contributed by atoms with van der Waals surface area (Å²) in [4.78, 5) is 19.0. The highest BCUT2D eigenvalue weighted by atomic mass is 16.2. The van der Waals surface area contributed by atoms with E-state index in [2.05, 4.69) is 98.3 Å². The molecule has 4 rings (SSSR count). The summed E-state index contributed by atoms with van der Waals surface area (Å²) in [6, 6.07) is 20.5. The zero-order chi connectivity index (χ0) is 23.6. The Bertz CT molecular complexity index is 916. The van der Waals surface area contributed by atoms with Gasteiger partial charge in [-0.15, -0.1) is 0 Å². The van der Waals surface area contributed by atoms with Crippen molar-refractivity contribution in [2.75, 3.05) is 13.1 Å². The van der Waals surface area contributed by atoms with E-state index >= 15 is 0 Å². The molecule has 2 aromatic rings. The van der Waals surface area contributed by atoms with E-state index in [1.54, 1.807) is 0 Å². The molecule has 2 heterocycles. The van der Waals surface area contributed by atoms with Crippen LogP contribution in [0.5, 0.6) is 0 Å². The molecular formula is C29H41N3O.